The molecule has 2 aromatic heterocycles. The van der Waals surface area contributed by atoms with Gasteiger partial charge in [0, 0.05) is 30.1 Å². The molecule has 1 fully saturated rings. The fourth-order valence-electron chi connectivity index (χ4n) is 4.80. The number of aryl methyl sites for hydroxylation is 2. The molecule has 1 atom stereocenters. The Morgan fingerprint density at radius 1 is 1.11 bits per heavy atom. The van der Waals surface area contributed by atoms with Gasteiger partial charge < -0.3 is 9.30 Å². The van der Waals surface area contributed by atoms with Crippen molar-refractivity contribution in [1.82, 2.24) is 14.1 Å². The molecule has 0 radical (unpaired) electrons. The highest BCUT2D eigenvalue weighted by molar-refractivity contribution is 7.99. The molecule has 1 aliphatic heterocycles. The Kier molecular flexibility index (Phi) is 6.62. The van der Waals surface area contributed by atoms with E-state index >= 15 is 0 Å². The van der Waals surface area contributed by atoms with E-state index in [-0.39, 0.29) is 23.2 Å². The zero-order valence-electron chi connectivity index (χ0n) is 20.3. The second kappa shape index (κ2) is 9.84. The Bertz CT molecular complexity index is 1460. The van der Waals surface area contributed by atoms with Crippen LogP contribution in [0.3, 0.4) is 0 Å². The highest BCUT2D eigenvalue weighted by Crippen LogP contribution is 2.26. The predicted molar refractivity (Wildman–Crippen MR) is 140 cm³/mol. The molecule has 6 nitrogen and oxygen atoms in total. The van der Waals surface area contributed by atoms with Crippen LogP contribution in [0.2, 0.25) is 0 Å². The topological polar surface area (TPSA) is 66.1 Å². The number of ether oxygens (including phenoxy) is 1. The number of carbonyl (C=O) groups excluding carboxylic acids is 1. The fraction of sp³-hybridized carbons (Fsp3) is 0.321. The first-order valence-corrected chi connectivity index (χ1v) is 12.9. The molecule has 1 aliphatic rings. The molecule has 0 saturated carbocycles. The van der Waals surface area contributed by atoms with Crippen LogP contribution in [0, 0.1) is 20.8 Å². The second-order valence-electron chi connectivity index (χ2n) is 9.08. The average Bonchev–Trinajstić information content (AvgIpc) is 3.47. The normalized spacial score (nSPS) is 15.7. The summed E-state index contributed by atoms with van der Waals surface area (Å²) in [6, 6.07) is 17.1. The largest absolute Gasteiger partial charge is 0.376 e. The molecule has 0 bridgehead atoms. The van der Waals surface area contributed by atoms with E-state index in [0.29, 0.717) is 16.1 Å². The number of ketones is 1. The van der Waals surface area contributed by atoms with E-state index < -0.39 is 0 Å². The molecule has 35 heavy (non-hydrogen) atoms. The molecule has 1 unspecified atom stereocenters. The van der Waals surface area contributed by atoms with Gasteiger partial charge in [-0.2, -0.15) is 0 Å². The number of hydrogen-bond acceptors (Lipinski definition) is 5. The zero-order chi connectivity index (χ0) is 24.5. The first kappa shape index (κ1) is 23.6. The molecule has 4 aromatic rings. The van der Waals surface area contributed by atoms with E-state index in [4.69, 9.17) is 9.72 Å². The van der Waals surface area contributed by atoms with Gasteiger partial charge >= 0.3 is 0 Å². The Labute approximate surface area is 208 Å². The molecule has 1 saturated heterocycles. The third-order valence-corrected chi connectivity index (χ3v) is 7.66. The summed E-state index contributed by atoms with van der Waals surface area (Å²) in [5.41, 5.74) is 5.00. The van der Waals surface area contributed by atoms with Crippen molar-refractivity contribution in [3.8, 4) is 5.69 Å². The number of aromatic nitrogens is 3. The van der Waals surface area contributed by atoms with Gasteiger partial charge in [-0.15, -0.1) is 0 Å². The number of carbonyl (C=O) groups is 1. The van der Waals surface area contributed by atoms with Gasteiger partial charge in [0.05, 0.1) is 28.4 Å². The summed E-state index contributed by atoms with van der Waals surface area (Å²) in [5.74, 6) is 0.223. The lowest BCUT2D eigenvalue weighted by atomic mass is 10.2. The van der Waals surface area contributed by atoms with Gasteiger partial charge in [-0.1, -0.05) is 42.1 Å². The first-order chi connectivity index (χ1) is 16.9. The Hall–Kier alpha value is -3.16. The van der Waals surface area contributed by atoms with Gasteiger partial charge in [0.1, 0.15) is 0 Å². The summed E-state index contributed by atoms with van der Waals surface area (Å²) in [5, 5.41) is 1.08. The van der Waals surface area contributed by atoms with Crippen LogP contribution < -0.4 is 5.56 Å². The number of para-hydroxylation sites is 2. The molecule has 7 heteroatoms. The van der Waals surface area contributed by atoms with Crippen molar-refractivity contribution < 1.29 is 9.53 Å². The van der Waals surface area contributed by atoms with Crippen molar-refractivity contribution in [2.24, 2.45) is 0 Å². The van der Waals surface area contributed by atoms with E-state index in [1.807, 2.05) is 69.3 Å². The van der Waals surface area contributed by atoms with Crippen LogP contribution in [0.4, 0.5) is 0 Å². The molecule has 180 valence electrons. The molecule has 0 spiro atoms. The number of thioether (sulfide) groups is 1. The zero-order valence-corrected chi connectivity index (χ0v) is 21.1. The summed E-state index contributed by atoms with van der Waals surface area (Å²) in [4.78, 5) is 31.6. The molecular formula is C28H29N3O3S. The molecule has 3 heterocycles. The van der Waals surface area contributed by atoms with Crippen LogP contribution >= 0.6 is 11.8 Å². The number of Topliss-reactive ketones (excluding diaryl/α,β-unsaturated/α-hetero) is 1. The van der Waals surface area contributed by atoms with Gasteiger partial charge in [-0.05, 0) is 63.4 Å². The van der Waals surface area contributed by atoms with E-state index in [0.717, 1.165) is 54.2 Å². The van der Waals surface area contributed by atoms with Gasteiger partial charge in [0.15, 0.2) is 10.9 Å². The van der Waals surface area contributed by atoms with Gasteiger partial charge in [-0.3, -0.25) is 14.2 Å². The number of fused-ring (bicyclic) bond motifs is 1. The molecule has 0 amide bonds. The summed E-state index contributed by atoms with van der Waals surface area (Å²) in [7, 11) is 0. The average molecular weight is 488 g/mol. The van der Waals surface area contributed by atoms with Gasteiger partial charge in [0.25, 0.3) is 5.56 Å². The monoisotopic (exact) mass is 487 g/mol. The minimum absolute atomic E-state index is 0.0282. The third kappa shape index (κ3) is 4.58. The van der Waals surface area contributed by atoms with Gasteiger partial charge in [0.2, 0.25) is 0 Å². The van der Waals surface area contributed by atoms with Crippen LogP contribution in [0.5, 0.6) is 0 Å². The van der Waals surface area contributed by atoms with Crippen molar-refractivity contribution in [1.29, 1.82) is 0 Å². The molecule has 0 aliphatic carbocycles. The fourth-order valence-corrected chi connectivity index (χ4v) is 5.69. The maximum Gasteiger partial charge on any atom is 0.266 e. The van der Waals surface area contributed by atoms with Crippen LogP contribution in [0.1, 0.15) is 40.2 Å². The predicted octanol–water partition coefficient (Wildman–Crippen LogP) is 5.27. The van der Waals surface area contributed by atoms with Crippen LogP contribution in [0.25, 0.3) is 16.6 Å². The number of nitrogens with zero attached hydrogens (tertiary/aromatic N) is 3. The van der Waals surface area contributed by atoms with Crippen molar-refractivity contribution in [2.45, 2.75) is 51.4 Å². The lowest BCUT2D eigenvalue weighted by Crippen LogP contribution is -2.23. The molecule has 0 N–H and O–H groups in total. The lowest BCUT2D eigenvalue weighted by molar-refractivity contribution is 0.0957. The summed E-state index contributed by atoms with van der Waals surface area (Å²) < 4.78 is 9.62. The van der Waals surface area contributed by atoms with Crippen molar-refractivity contribution in [2.75, 3.05) is 12.4 Å². The van der Waals surface area contributed by atoms with E-state index in [9.17, 15) is 9.59 Å². The molecule has 5 rings (SSSR count). The third-order valence-electron chi connectivity index (χ3n) is 6.72. The standard InChI is InChI=1S/C28H29N3O3S/c1-18-9-4-7-13-25(18)31-27(33)22-11-5-6-12-24(22)29-28(31)35-17-26(32)23-15-19(2)30(20(23)3)16-21-10-8-14-34-21/h4-7,9,11-13,15,21H,8,10,14,16-17H2,1-3H3. The molecular weight excluding hydrogens is 458 g/mol. The summed E-state index contributed by atoms with van der Waals surface area (Å²) >= 11 is 1.31. The van der Waals surface area contributed by atoms with E-state index in [1.54, 1.807) is 10.6 Å². The van der Waals surface area contributed by atoms with E-state index in [1.165, 1.54) is 11.8 Å². The van der Waals surface area contributed by atoms with Crippen LogP contribution in [-0.2, 0) is 11.3 Å². The van der Waals surface area contributed by atoms with Crippen LogP contribution in [0.15, 0.2) is 64.5 Å². The highest BCUT2D eigenvalue weighted by Gasteiger charge is 2.22. The van der Waals surface area contributed by atoms with Gasteiger partial charge in [-0.25, -0.2) is 4.98 Å². The first-order valence-electron chi connectivity index (χ1n) is 12.0. The Morgan fingerprint density at radius 2 is 1.89 bits per heavy atom. The quantitative estimate of drug-likeness (QED) is 0.202. The lowest BCUT2D eigenvalue weighted by Gasteiger charge is -2.15. The van der Waals surface area contributed by atoms with Crippen molar-refractivity contribution >= 4 is 28.4 Å². The summed E-state index contributed by atoms with van der Waals surface area (Å²) in [6.07, 6.45) is 2.36. The minimum atomic E-state index is -0.130. The highest BCUT2D eigenvalue weighted by atomic mass is 32.2. The van der Waals surface area contributed by atoms with Crippen molar-refractivity contribution in [3.63, 3.8) is 0 Å². The second-order valence-corrected chi connectivity index (χ2v) is 10.0. The maximum absolute atomic E-state index is 13.5. The Morgan fingerprint density at radius 3 is 2.66 bits per heavy atom. The number of benzene rings is 2. The van der Waals surface area contributed by atoms with Crippen LogP contribution in [-0.4, -0.2) is 38.4 Å². The minimum Gasteiger partial charge on any atom is -0.376 e. The smallest absolute Gasteiger partial charge is 0.266 e. The number of rotatable bonds is 7. The number of hydrogen-bond donors (Lipinski definition) is 0. The maximum atomic E-state index is 13.5. The van der Waals surface area contributed by atoms with Crippen molar-refractivity contribution in [3.05, 3.63) is 87.5 Å². The Balaban J connectivity index is 1.46. The van der Waals surface area contributed by atoms with E-state index in [2.05, 4.69) is 4.57 Å². The molecule has 2 aromatic carbocycles. The SMILES string of the molecule is Cc1ccccc1-n1c(SCC(=O)c2cc(C)n(CC3CCCO3)c2C)nc2ccccc2c1=O. The summed E-state index contributed by atoms with van der Waals surface area (Å²) in [6.45, 7) is 7.59.